The Balaban J connectivity index is 2.12. The Bertz CT molecular complexity index is 408. The highest BCUT2D eigenvalue weighted by atomic mass is 16.5. The van der Waals surface area contributed by atoms with Gasteiger partial charge in [0.05, 0.1) is 18.9 Å². The van der Waals surface area contributed by atoms with Gasteiger partial charge < -0.3 is 14.7 Å². The first-order valence-electron chi connectivity index (χ1n) is 7.17. The first kappa shape index (κ1) is 14.8. The highest BCUT2D eigenvalue weighted by molar-refractivity contribution is 5.89. The summed E-state index contributed by atoms with van der Waals surface area (Å²) in [6.07, 6.45) is 4.22. The van der Waals surface area contributed by atoms with Gasteiger partial charge in [0.25, 0.3) is 0 Å². The molecule has 1 amide bonds. The molecule has 1 aliphatic heterocycles. The van der Waals surface area contributed by atoms with Crippen molar-refractivity contribution in [3.63, 3.8) is 0 Å². The molecule has 2 aliphatic rings. The molecule has 1 saturated carbocycles. The van der Waals surface area contributed by atoms with Gasteiger partial charge in [-0.05, 0) is 25.7 Å². The Morgan fingerprint density at radius 2 is 1.70 bits per heavy atom. The zero-order valence-electron chi connectivity index (χ0n) is 11.7. The summed E-state index contributed by atoms with van der Waals surface area (Å²) in [6, 6.07) is -0.538. The van der Waals surface area contributed by atoms with Crippen LogP contribution in [0.1, 0.15) is 38.5 Å². The Hall–Kier alpha value is -1.59. The van der Waals surface area contributed by atoms with Gasteiger partial charge in [0, 0.05) is 6.54 Å². The number of carboxylic acid groups (broad SMARTS) is 1. The molecule has 0 spiro atoms. The number of hydrogen-bond acceptors (Lipinski definition) is 4. The van der Waals surface area contributed by atoms with Crippen molar-refractivity contribution in [3.05, 3.63) is 0 Å². The van der Waals surface area contributed by atoms with Crippen molar-refractivity contribution in [2.45, 2.75) is 44.6 Å². The predicted octanol–water partition coefficient (Wildman–Crippen LogP) is 1.04. The number of rotatable bonds is 3. The van der Waals surface area contributed by atoms with Crippen LogP contribution in [0, 0.1) is 11.8 Å². The number of ether oxygens (including phenoxy) is 1. The summed E-state index contributed by atoms with van der Waals surface area (Å²) in [5.74, 6) is -2.61. The number of aliphatic carboxylic acids is 1. The maximum atomic E-state index is 12.6. The fourth-order valence-corrected chi connectivity index (χ4v) is 3.35. The normalized spacial score (nSPS) is 30.1. The van der Waals surface area contributed by atoms with Crippen LogP contribution in [0.25, 0.3) is 0 Å². The van der Waals surface area contributed by atoms with Gasteiger partial charge in [0.1, 0.15) is 6.04 Å². The highest BCUT2D eigenvalue weighted by Crippen LogP contribution is 2.33. The summed E-state index contributed by atoms with van der Waals surface area (Å²) in [6.45, 7) is 0.515. The van der Waals surface area contributed by atoms with E-state index in [-0.39, 0.29) is 5.91 Å². The standard InChI is InChI=1S/C14H21NO5/c1-20-14(19)11-7-4-8-15(11)12(16)9-5-2-3-6-10(9)13(17)18/h9-11H,2-8H2,1H3,(H,17,18)/t9-,10+,11+/m1/s1. The van der Waals surface area contributed by atoms with Crippen LogP contribution in [0.15, 0.2) is 0 Å². The second kappa shape index (κ2) is 6.24. The van der Waals surface area contributed by atoms with Crippen LogP contribution >= 0.6 is 0 Å². The Kier molecular flexibility index (Phi) is 4.62. The zero-order chi connectivity index (χ0) is 14.7. The minimum Gasteiger partial charge on any atom is -0.481 e. The molecule has 6 heteroatoms. The van der Waals surface area contributed by atoms with E-state index in [2.05, 4.69) is 0 Å². The lowest BCUT2D eigenvalue weighted by Gasteiger charge is -2.32. The van der Waals surface area contributed by atoms with E-state index in [1.54, 1.807) is 0 Å². The molecular weight excluding hydrogens is 262 g/mol. The Morgan fingerprint density at radius 1 is 1.05 bits per heavy atom. The third-order valence-corrected chi connectivity index (χ3v) is 4.41. The molecule has 3 atom stereocenters. The van der Waals surface area contributed by atoms with E-state index in [0.29, 0.717) is 25.8 Å². The fourth-order valence-electron chi connectivity index (χ4n) is 3.35. The van der Waals surface area contributed by atoms with Crippen molar-refractivity contribution in [1.82, 2.24) is 4.90 Å². The largest absolute Gasteiger partial charge is 0.481 e. The number of carbonyl (C=O) groups excluding carboxylic acids is 2. The third-order valence-electron chi connectivity index (χ3n) is 4.41. The molecule has 1 N–H and O–H groups in total. The average molecular weight is 283 g/mol. The Morgan fingerprint density at radius 3 is 2.30 bits per heavy atom. The summed E-state index contributed by atoms with van der Waals surface area (Å²) in [4.78, 5) is 37.1. The molecule has 2 rings (SSSR count). The molecule has 112 valence electrons. The van der Waals surface area contributed by atoms with E-state index >= 15 is 0 Å². The van der Waals surface area contributed by atoms with Gasteiger partial charge in [-0.3, -0.25) is 9.59 Å². The molecule has 0 bridgehead atoms. The van der Waals surface area contributed by atoms with E-state index in [0.717, 1.165) is 19.3 Å². The van der Waals surface area contributed by atoms with Crippen molar-refractivity contribution in [1.29, 1.82) is 0 Å². The summed E-state index contributed by atoms with van der Waals surface area (Å²) < 4.78 is 4.73. The lowest BCUT2D eigenvalue weighted by atomic mass is 9.78. The van der Waals surface area contributed by atoms with Crippen LogP contribution in [0.3, 0.4) is 0 Å². The molecule has 0 unspecified atom stereocenters. The zero-order valence-corrected chi connectivity index (χ0v) is 11.7. The molecule has 0 radical (unpaired) electrons. The number of methoxy groups -OCH3 is 1. The second-order valence-corrected chi connectivity index (χ2v) is 5.55. The summed E-state index contributed by atoms with van der Waals surface area (Å²) >= 11 is 0. The number of likely N-dealkylation sites (tertiary alicyclic amines) is 1. The van der Waals surface area contributed by atoms with E-state index in [9.17, 15) is 19.5 Å². The number of carbonyl (C=O) groups is 3. The quantitative estimate of drug-likeness (QED) is 0.782. The highest BCUT2D eigenvalue weighted by Gasteiger charge is 2.42. The molecule has 2 fully saturated rings. The summed E-state index contributed by atoms with van der Waals surface area (Å²) in [5.41, 5.74) is 0. The van der Waals surface area contributed by atoms with Gasteiger partial charge >= 0.3 is 11.9 Å². The van der Waals surface area contributed by atoms with E-state index in [1.165, 1.54) is 12.0 Å². The van der Waals surface area contributed by atoms with Gasteiger partial charge in [-0.1, -0.05) is 12.8 Å². The first-order valence-corrected chi connectivity index (χ1v) is 7.17. The number of nitrogens with zero attached hydrogens (tertiary/aromatic N) is 1. The topological polar surface area (TPSA) is 83.9 Å². The molecule has 20 heavy (non-hydrogen) atoms. The van der Waals surface area contributed by atoms with Crippen LogP contribution in [0.4, 0.5) is 0 Å². The first-order chi connectivity index (χ1) is 9.56. The minimum atomic E-state index is -0.906. The van der Waals surface area contributed by atoms with Gasteiger partial charge in [-0.15, -0.1) is 0 Å². The molecule has 6 nitrogen and oxygen atoms in total. The van der Waals surface area contributed by atoms with E-state index in [4.69, 9.17) is 4.74 Å². The molecule has 1 aliphatic carbocycles. The predicted molar refractivity (Wildman–Crippen MR) is 69.8 cm³/mol. The van der Waals surface area contributed by atoms with Gasteiger partial charge in [-0.25, -0.2) is 4.79 Å². The minimum absolute atomic E-state index is 0.190. The number of hydrogen-bond donors (Lipinski definition) is 1. The number of carboxylic acids is 1. The smallest absolute Gasteiger partial charge is 0.328 e. The molecular formula is C14H21NO5. The molecule has 1 heterocycles. The van der Waals surface area contributed by atoms with Crippen molar-refractivity contribution in [2.24, 2.45) is 11.8 Å². The third kappa shape index (κ3) is 2.78. The monoisotopic (exact) mass is 283 g/mol. The Labute approximate surface area is 118 Å². The summed E-state index contributed by atoms with van der Waals surface area (Å²) in [5, 5.41) is 9.26. The lowest BCUT2D eigenvalue weighted by Crippen LogP contribution is -2.47. The maximum absolute atomic E-state index is 12.6. The maximum Gasteiger partial charge on any atom is 0.328 e. The molecule has 0 aromatic heterocycles. The number of esters is 1. The van der Waals surface area contributed by atoms with Crippen LogP contribution in [-0.4, -0.2) is 47.5 Å². The van der Waals surface area contributed by atoms with Crippen LogP contribution in [-0.2, 0) is 19.1 Å². The molecule has 0 aromatic rings. The molecule has 1 saturated heterocycles. The van der Waals surface area contributed by atoms with Gasteiger partial charge in [0.2, 0.25) is 5.91 Å². The second-order valence-electron chi connectivity index (χ2n) is 5.55. The van der Waals surface area contributed by atoms with Crippen LogP contribution in [0.2, 0.25) is 0 Å². The van der Waals surface area contributed by atoms with Crippen molar-refractivity contribution in [2.75, 3.05) is 13.7 Å². The van der Waals surface area contributed by atoms with Crippen molar-refractivity contribution >= 4 is 17.8 Å². The lowest BCUT2D eigenvalue weighted by molar-refractivity contribution is -0.157. The fraction of sp³-hybridized carbons (Fsp3) is 0.786. The van der Waals surface area contributed by atoms with E-state index < -0.39 is 29.8 Å². The summed E-state index contributed by atoms with van der Waals surface area (Å²) in [7, 11) is 1.31. The molecule has 0 aromatic carbocycles. The van der Waals surface area contributed by atoms with Crippen LogP contribution in [0.5, 0.6) is 0 Å². The number of amides is 1. The van der Waals surface area contributed by atoms with Gasteiger partial charge in [0.15, 0.2) is 0 Å². The van der Waals surface area contributed by atoms with Gasteiger partial charge in [-0.2, -0.15) is 0 Å². The van der Waals surface area contributed by atoms with Crippen molar-refractivity contribution < 1.29 is 24.2 Å². The van der Waals surface area contributed by atoms with Crippen LogP contribution < -0.4 is 0 Å². The average Bonchev–Trinajstić information content (AvgIpc) is 2.95. The van der Waals surface area contributed by atoms with Crippen molar-refractivity contribution in [3.8, 4) is 0 Å². The van der Waals surface area contributed by atoms with E-state index in [1.807, 2.05) is 0 Å². The SMILES string of the molecule is COC(=O)[C@@H]1CCCN1C(=O)[C@@H]1CCCC[C@@H]1C(=O)O.